The number of imidazole rings is 2. The molecule has 4 aromatic carbocycles. The highest BCUT2D eigenvalue weighted by molar-refractivity contribution is 7.89. The van der Waals surface area contributed by atoms with Gasteiger partial charge in [0.25, 0.3) is 0 Å². The number of aromatic nitrogens is 4. The summed E-state index contributed by atoms with van der Waals surface area (Å²) in [5.74, 6) is -0.0381. The molecule has 0 saturated heterocycles. The first-order valence-electron chi connectivity index (χ1n) is 17.8. The average Bonchev–Trinajstić information content (AvgIpc) is 3.94. The van der Waals surface area contributed by atoms with Gasteiger partial charge in [0.15, 0.2) is 0 Å². The van der Waals surface area contributed by atoms with E-state index in [1.54, 1.807) is 24.3 Å². The molecule has 0 radical (unpaired) electrons. The van der Waals surface area contributed by atoms with Gasteiger partial charge < -0.3 is 19.3 Å². The van der Waals surface area contributed by atoms with E-state index in [0.717, 1.165) is 57.6 Å². The molecule has 14 heteroatoms. The summed E-state index contributed by atoms with van der Waals surface area (Å²) in [7, 11) is -7.50. The lowest BCUT2D eigenvalue weighted by atomic mass is 9.76. The third-order valence-electron chi connectivity index (χ3n) is 11.7. The SMILES string of the molecule is NS(=O)(=O)c1ccc2c(c1)CC[C@@H]([C@@H]1c3ccccc3-c3cncn31)[C@@H]2O.NS(=O)(=O)c1ccc2c(c1)CC[C@H]([C@H]1c3ccccc3-c3cncn31)[C@@H]2O. The summed E-state index contributed by atoms with van der Waals surface area (Å²) in [6.45, 7) is 0. The van der Waals surface area contributed by atoms with Gasteiger partial charge in [0.2, 0.25) is 20.0 Å². The Labute approximate surface area is 312 Å². The fraction of sp³-hybridized carbons (Fsp3) is 0.250. The summed E-state index contributed by atoms with van der Waals surface area (Å²) in [5, 5.41) is 32.8. The first-order valence-corrected chi connectivity index (χ1v) is 20.9. The second-order valence-corrected chi connectivity index (χ2v) is 17.7. The quantitative estimate of drug-likeness (QED) is 0.197. The first-order chi connectivity index (χ1) is 25.9. The van der Waals surface area contributed by atoms with Gasteiger partial charge in [-0.05, 0) is 83.3 Å². The number of aliphatic hydroxyl groups excluding tert-OH is 2. The molecule has 0 bridgehead atoms. The molecule has 2 aromatic heterocycles. The Balaban J connectivity index is 0.000000142. The molecule has 6 aromatic rings. The lowest BCUT2D eigenvalue weighted by Crippen LogP contribution is -2.29. The van der Waals surface area contributed by atoms with E-state index in [-0.39, 0.29) is 33.7 Å². The van der Waals surface area contributed by atoms with Crippen molar-refractivity contribution >= 4 is 20.0 Å². The van der Waals surface area contributed by atoms with Crippen LogP contribution in [0.5, 0.6) is 0 Å². The number of hydrogen-bond donors (Lipinski definition) is 4. The Hall–Kier alpha value is -4.96. The van der Waals surface area contributed by atoms with Gasteiger partial charge in [0, 0.05) is 23.0 Å². The summed E-state index contributed by atoms with van der Waals surface area (Å²) < 4.78 is 50.8. The molecule has 4 heterocycles. The predicted molar refractivity (Wildman–Crippen MR) is 201 cm³/mol. The van der Waals surface area contributed by atoms with Crippen molar-refractivity contribution in [3.05, 3.63) is 143 Å². The average molecular weight is 763 g/mol. The number of sulfonamides is 2. The van der Waals surface area contributed by atoms with Gasteiger partial charge in [0.05, 0.1) is 70.5 Å². The molecule has 276 valence electrons. The maximum atomic E-state index is 11.6. The number of aliphatic hydroxyl groups is 2. The van der Waals surface area contributed by atoms with Crippen molar-refractivity contribution in [2.45, 2.75) is 59.8 Å². The fourth-order valence-corrected chi connectivity index (χ4v) is 10.4. The van der Waals surface area contributed by atoms with Crippen LogP contribution in [-0.2, 0) is 32.9 Å². The topological polar surface area (TPSA) is 196 Å². The van der Waals surface area contributed by atoms with Crippen molar-refractivity contribution in [1.29, 1.82) is 0 Å². The molecule has 0 amide bonds. The number of primary sulfonamides is 2. The molecule has 2 aliphatic heterocycles. The minimum atomic E-state index is -3.75. The van der Waals surface area contributed by atoms with Crippen LogP contribution in [-0.4, -0.2) is 46.2 Å². The second kappa shape index (κ2) is 12.8. The lowest BCUT2D eigenvalue weighted by Gasteiger charge is -2.35. The molecule has 4 aliphatic rings. The van der Waals surface area contributed by atoms with Crippen LogP contribution in [0, 0.1) is 11.8 Å². The zero-order chi connectivity index (χ0) is 37.5. The van der Waals surface area contributed by atoms with Crippen molar-refractivity contribution in [3.63, 3.8) is 0 Å². The molecule has 54 heavy (non-hydrogen) atoms. The number of benzene rings is 4. The van der Waals surface area contributed by atoms with Crippen LogP contribution in [0.2, 0.25) is 0 Å². The number of rotatable bonds is 4. The summed E-state index contributed by atoms with van der Waals surface area (Å²) in [5.41, 5.74) is 10.1. The van der Waals surface area contributed by atoms with E-state index in [2.05, 4.69) is 43.4 Å². The molecular formula is C40H38N6O6S2. The number of hydrogen-bond acceptors (Lipinski definition) is 8. The highest BCUT2D eigenvalue weighted by atomic mass is 32.2. The largest absolute Gasteiger partial charge is 0.388 e. The standard InChI is InChI=1S/2C20H19N3O3S/c2*21-27(25,26)13-6-8-14-12(9-13)5-7-17(20(14)24)19-16-4-2-1-3-15(16)18-10-22-11-23(18)19/h2*1-4,6,8-11,17,19-20,24H,5,7H2,(H2,21,25,26)/t17-,19-,20+;17-,19-,20-/m01/s1. The molecule has 0 unspecified atom stereocenters. The van der Waals surface area contributed by atoms with Crippen LogP contribution in [0.3, 0.4) is 0 Å². The van der Waals surface area contributed by atoms with Gasteiger partial charge in [-0.2, -0.15) is 0 Å². The molecule has 6 atom stereocenters. The van der Waals surface area contributed by atoms with Gasteiger partial charge >= 0.3 is 0 Å². The normalized spacial score (nSPS) is 23.6. The summed E-state index contributed by atoms with van der Waals surface area (Å²) in [4.78, 5) is 8.78. The third-order valence-corrected chi connectivity index (χ3v) is 13.5. The van der Waals surface area contributed by atoms with E-state index < -0.39 is 32.3 Å². The zero-order valence-electron chi connectivity index (χ0n) is 29.0. The van der Waals surface area contributed by atoms with Gasteiger partial charge in [-0.3, -0.25) is 0 Å². The van der Waals surface area contributed by atoms with Crippen LogP contribution < -0.4 is 10.3 Å². The summed E-state index contributed by atoms with van der Waals surface area (Å²) in [6.07, 6.45) is 8.90. The summed E-state index contributed by atoms with van der Waals surface area (Å²) >= 11 is 0. The number of aryl methyl sites for hydroxylation is 2. The van der Waals surface area contributed by atoms with Gasteiger partial charge in [-0.1, -0.05) is 60.7 Å². The summed E-state index contributed by atoms with van der Waals surface area (Å²) in [6, 6.07) is 26.0. The van der Waals surface area contributed by atoms with Crippen LogP contribution in [0.25, 0.3) is 22.5 Å². The molecule has 12 nitrogen and oxygen atoms in total. The van der Waals surface area contributed by atoms with E-state index in [4.69, 9.17) is 10.3 Å². The van der Waals surface area contributed by atoms with Crippen LogP contribution in [0.1, 0.15) is 70.5 Å². The molecular weight excluding hydrogens is 725 g/mol. The maximum absolute atomic E-state index is 11.6. The Morgan fingerprint density at radius 2 is 0.981 bits per heavy atom. The lowest BCUT2D eigenvalue weighted by molar-refractivity contribution is 0.0717. The monoisotopic (exact) mass is 762 g/mol. The van der Waals surface area contributed by atoms with E-state index in [1.807, 2.05) is 49.3 Å². The maximum Gasteiger partial charge on any atom is 0.238 e. The Bertz CT molecular complexity index is 2490. The van der Waals surface area contributed by atoms with E-state index in [0.29, 0.717) is 12.8 Å². The zero-order valence-corrected chi connectivity index (χ0v) is 30.6. The predicted octanol–water partition coefficient (Wildman–Crippen LogP) is 4.79. The van der Waals surface area contributed by atoms with Crippen molar-refractivity contribution in [1.82, 2.24) is 19.1 Å². The van der Waals surface area contributed by atoms with Crippen molar-refractivity contribution in [3.8, 4) is 22.5 Å². The highest BCUT2D eigenvalue weighted by Gasteiger charge is 2.42. The molecule has 10 rings (SSSR count). The van der Waals surface area contributed by atoms with Gasteiger partial charge in [0.1, 0.15) is 0 Å². The smallest absolute Gasteiger partial charge is 0.238 e. The van der Waals surface area contributed by atoms with Crippen LogP contribution >= 0.6 is 0 Å². The minimum Gasteiger partial charge on any atom is -0.388 e. The van der Waals surface area contributed by atoms with Crippen LogP contribution in [0.15, 0.2) is 120 Å². The first kappa shape index (κ1) is 34.8. The Morgan fingerprint density at radius 3 is 1.39 bits per heavy atom. The molecule has 0 fully saturated rings. The molecule has 2 aliphatic carbocycles. The Kier molecular flexibility index (Phi) is 8.26. The third kappa shape index (κ3) is 5.63. The molecule has 0 saturated carbocycles. The van der Waals surface area contributed by atoms with Crippen molar-refractivity contribution in [2.75, 3.05) is 0 Å². The Morgan fingerprint density at radius 1 is 0.574 bits per heavy atom. The van der Waals surface area contributed by atoms with E-state index in [9.17, 15) is 27.0 Å². The fourth-order valence-electron chi connectivity index (χ4n) is 9.23. The van der Waals surface area contributed by atoms with Gasteiger partial charge in [-0.15, -0.1) is 0 Å². The van der Waals surface area contributed by atoms with Crippen molar-refractivity contribution < 1.29 is 27.0 Å². The highest BCUT2D eigenvalue weighted by Crippen LogP contribution is 2.51. The van der Waals surface area contributed by atoms with E-state index >= 15 is 0 Å². The molecule has 0 spiro atoms. The minimum absolute atomic E-state index is 0.0137. The number of nitrogens with two attached hydrogens (primary N) is 2. The van der Waals surface area contributed by atoms with Crippen LogP contribution in [0.4, 0.5) is 0 Å². The second-order valence-electron chi connectivity index (χ2n) is 14.5. The van der Waals surface area contributed by atoms with Crippen molar-refractivity contribution in [2.24, 2.45) is 22.1 Å². The number of fused-ring (bicyclic) bond motifs is 8. The molecule has 6 N–H and O–H groups in total. The van der Waals surface area contributed by atoms with E-state index in [1.165, 1.54) is 23.3 Å². The van der Waals surface area contributed by atoms with Gasteiger partial charge in [-0.25, -0.2) is 37.1 Å². The number of nitrogens with zero attached hydrogens (tertiary/aromatic N) is 4.